The Kier molecular flexibility index (Phi) is 3.57. The summed E-state index contributed by atoms with van der Waals surface area (Å²) in [6.45, 7) is 0.379. The SMILES string of the molecule is O=C1NC2(Cc3ccccc3C2)C(=O)N1CCc1ccc(Cl)cc1. The Balaban J connectivity index is 1.49. The standard InChI is InChI=1S/C19H17ClN2O2/c20-16-7-5-13(6-8-16)9-10-22-17(23)19(21-18(22)24)11-14-3-1-2-4-15(14)12-19/h1-8H,9-12H2,(H,21,24). The van der Waals surface area contributed by atoms with Crippen LogP contribution in [-0.4, -0.2) is 28.9 Å². The summed E-state index contributed by atoms with van der Waals surface area (Å²) in [5, 5.41) is 3.61. The van der Waals surface area contributed by atoms with E-state index in [-0.39, 0.29) is 11.9 Å². The Morgan fingerprint density at radius 1 is 1.00 bits per heavy atom. The number of fused-ring (bicyclic) bond motifs is 1. The van der Waals surface area contributed by atoms with E-state index in [0.29, 0.717) is 30.8 Å². The minimum absolute atomic E-state index is 0.113. The van der Waals surface area contributed by atoms with Gasteiger partial charge in [0.2, 0.25) is 0 Å². The van der Waals surface area contributed by atoms with Crippen LogP contribution < -0.4 is 5.32 Å². The normalized spacial score (nSPS) is 18.1. The summed E-state index contributed by atoms with van der Waals surface area (Å²) in [7, 11) is 0. The summed E-state index contributed by atoms with van der Waals surface area (Å²) in [4.78, 5) is 26.6. The van der Waals surface area contributed by atoms with Crippen molar-refractivity contribution in [3.05, 3.63) is 70.2 Å². The first-order chi connectivity index (χ1) is 11.6. The molecule has 0 radical (unpaired) electrons. The van der Waals surface area contributed by atoms with E-state index < -0.39 is 5.54 Å². The molecular formula is C19H17ClN2O2. The smallest absolute Gasteiger partial charge is 0.322 e. The van der Waals surface area contributed by atoms with Crippen molar-refractivity contribution in [2.75, 3.05) is 6.54 Å². The lowest BCUT2D eigenvalue weighted by atomic mass is 9.96. The van der Waals surface area contributed by atoms with E-state index in [9.17, 15) is 9.59 Å². The highest BCUT2D eigenvalue weighted by molar-refractivity contribution is 6.30. The number of hydrogen-bond donors (Lipinski definition) is 1. The maximum Gasteiger partial charge on any atom is 0.325 e. The summed E-state index contributed by atoms with van der Waals surface area (Å²) in [6, 6.07) is 15.2. The molecule has 2 aliphatic rings. The van der Waals surface area contributed by atoms with Crippen LogP contribution in [0.4, 0.5) is 4.79 Å². The molecule has 0 atom stereocenters. The maximum absolute atomic E-state index is 12.9. The lowest BCUT2D eigenvalue weighted by Crippen LogP contribution is -2.48. The van der Waals surface area contributed by atoms with E-state index in [2.05, 4.69) is 5.32 Å². The van der Waals surface area contributed by atoms with Gasteiger partial charge in [-0.25, -0.2) is 4.79 Å². The minimum Gasteiger partial charge on any atom is -0.322 e. The molecule has 0 aromatic heterocycles. The van der Waals surface area contributed by atoms with Crippen molar-refractivity contribution in [3.63, 3.8) is 0 Å². The molecule has 1 fully saturated rings. The van der Waals surface area contributed by atoms with Crippen LogP contribution in [-0.2, 0) is 24.1 Å². The van der Waals surface area contributed by atoms with E-state index in [4.69, 9.17) is 11.6 Å². The van der Waals surface area contributed by atoms with Crippen molar-refractivity contribution in [2.24, 2.45) is 0 Å². The Bertz CT molecular complexity index is 791. The number of rotatable bonds is 3. The predicted molar refractivity (Wildman–Crippen MR) is 92.0 cm³/mol. The van der Waals surface area contributed by atoms with Crippen molar-refractivity contribution >= 4 is 23.5 Å². The van der Waals surface area contributed by atoms with Gasteiger partial charge in [-0.3, -0.25) is 9.69 Å². The van der Waals surface area contributed by atoms with Gasteiger partial charge in [-0.05, 0) is 35.2 Å². The first-order valence-corrected chi connectivity index (χ1v) is 8.41. The Hall–Kier alpha value is -2.33. The maximum atomic E-state index is 12.9. The number of amides is 3. The summed E-state index contributed by atoms with van der Waals surface area (Å²) >= 11 is 5.88. The van der Waals surface area contributed by atoms with Crippen LogP contribution >= 0.6 is 11.6 Å². The van der Waals surface area contributed by atoms with Gasteiger partial charge >= 0.3 is 6.03 Å². The highest BCUT2D eigenvalue weighted by Crippen LogP contribution is 2.34. The van der Waals surface area contributed by atoms with Crippen LogP contribution in [0.15, 0.2) is 48.5 Å². The third-order valence-corrected chi connectivity index (χ3v) is 5.14. The molecule has 2 aromatic carbocycles. The molecule has 1 saturated heterocycles. The van der Waals surface area contributed by atoms with E-state index >= 15 is 0 Å². The third kappa shape index (κ3) is 2.47. The lowest BCUT2D eigenvalue weighted by Gasteiger charge is -2.20. The number of hydrogen-bond acceptors (Lipinski definition) is 2. The van der Waals surface area contributed by atoms with Crippen LogP contribution in [0.3, 0.4) is 0 Å². The molecule has 24 heavy (non-hydrogen) atoms. The molecule has 0 saturated carbocycles. The molecule has 1 N–H and O–H groups in total. The largest absolute Gasteiger partial charge is 0.325 e. The number of halogens is 1. The topological polar surface area (TPSA) is 49.4 Å². The third-order valence-electron chi connectivity index (χ3n) is 4.89. The zero-order valence-electron chi connectivity index (χ0n) is 13.1. The number of benzene rings is 2. The van der Waals surface area contributed by atoms with E-state index in [1.807, 2.05) is 48.5 Å². The predicted octanol–water partition coefficient (Wildman–Crippen LogP) is 2.97. The van der Waals surface area contributed by atoms with Gasteiger partial charge in [0.25, 0.3) is 5.91 Å². The van der Waals surface area contributed by atoms with Crippen molar-refractivity contribution in [1.82, 2.24) is 10.2 Å². The van der Waals surface area contributed by atoms with Crippen LogP contribution in [0.1, 0.15) is 16.7 Å². The summed E-state index contributed by atoms with van der Waals surface area (Å²) in [5.74, 6) is -0.113. The van der Waals surface area contributed by atoms with Crippen molar-refractivity contribution in [2.45, 2.75) is 24.8 Å². The number of imide groups is 1. The zero-order valence-corrected chi connectivity index (χ0v) is 13.8. The summed E-state index contributed by atoms with van der Waals surface area (Å²) in [5.41, 5.74) is 2.55. The monoisotopic (exact) mass is 340 g/mol. The molecule has 3 amide bonds. The molecule has 1 spiro atoms. The van der Waals surface area contributed by atoms with Crippen LogP contribution in [0, 0.1) is 0 Å². The van der Waals surface area contributed by atoms with E-state index in [1.165, 1.54) is 4.90 Å². The quantitative estimate of drug-likeness (QED) is 0.873. The number of nitrogens with zero attached hydrogens (tertiary/aromatic N) is 1. The molecule has 1 aliphatic carbocycles. The van der Waals surface area contributed by atoms with E-state index in [1.54, 1.807) is 0 Å². The molecule has 2 aromatic rings. The van der Waals surface area contributed by atoms with Crippen molar-refractivity contribution in [1.29, 1.82) is 0 Å². The van der Waals surface area contributed by atoms with Crippen molar-refractivity contribution < 1.29 is 9.59 Å². The average molecular weight is 341 g/mol. The van der Waals surface area contributed by atoms with Crippen LogP contribution in [0.25, 0.3) is 0 Å². The second kappa shape index (κ2) is 5.64. The van der Waals surface area contributed by atoms with Gasteiger partial charge in [0, 0.05) is 24.4 Å². The van der Waals surface area contributed by atoms with E-state index in [0.717, 1.165) is 16.7 Å². The Morgan fingerprint density at radius 3 is 2.25 bits per heavy atom. The summed E-state index contributed by atoms with van der Waals surface area (Å²) < 4.78 is 0. The molecule has 4 nitrogen and oxygen atoms in total. The number of nitrogens with one attached hydrogen (secondary N) is 1. The fourth-order valence-corrected chi connectivity index (χ4v) is 3.75. The Labute approximate surface area is 145 Å². The molecular weight excluding hydrogens is 324 g/mol. The fourth-order valence-electron chi connectivity index (χ4n) is 3.63. The van der Waals surface area contributed by atoms with Gasteiger partial charge in [-0.1, -0.05) is 48.0 Å². The highest BCUT2D eigenvalue weighted by atomic mass is 35.5. The fraction of sp³-hybridized carbons (Fsp3) is 0.263. The van der Waals surface area contributed by atoms with Crippen LogP contribution in [0.2, 0.25) is 5.02 Å². The average Bonchev–Trinajstić information content (AvgIpc) is 3.05. The zero-order chi connectivity index (χ0) is 16.7. The second-order valence-corrected chi connectivity index (χ2v) is 6.90. The number of carbonyl (C=O) groups is 2. The molecule has 1 heterocycles. The second-order valence-electron chi connectivity index (χ2n) is 6.47. The Morgan fingerprint density at radius 2 is 1.62 bits per heavy atom. The molecule has 4 rings (SSSR count). The molecule has 0 bridgehead atoms. The molecule has 5 heteroatoms. The van der Waals surface area contributed by atoms with Gasteiger partial charge in [0.05, 0.1) is 0 Å². The van der Waals surface area contributed by atoms with Gasteiger partial charge < -0.3 is 5.32 Å². The van der Waals surface area contributed by atoms with Crippen molar-refractivity contribution in [3.8, 4) is 0 Å². The highest BCUT2D eigenvalue weighted by Gasteiger charge is 2.53. The first kappa shape index (κ1) is 15.2. The molecule has 122 valence electrons. The molecule has 1 aliphatic heterocycles. The van der Waals surface area contributed by atoms with Crippen LogP contribution in [0.5, 0.6) is 0 Å². The first-order valence-electron chi connectivity index (χ1n) is 8.03. The van der Waals surface area contributed by atoms with Gasteiger partial charge in [0.1, 0.15) is 5.54 Å². The lowest BCUT2D eigenvalue weighted by molar-refractivity contribution is -0.131. The van der Waals surface area contributed by atoms with Gasteiger partial charge in [-0.2, -0.15) is 0 Å². The minimum atomic E-state index is -0.791. The number of urea groups is 1. The summed E-state index contributed by atoms with van der Waals surface area (Å²) in [6.07, 6.45) is 1.77. The molecule has 0 unspecified atom stereocenters. The van der Waals surface area contributed by atoms with Gasteiger partial charge in [-0.15, -0.1) is 0 Å². The number of carbonyl (C=O) groups excluding carboxylic acids is 2. The van der Waals surface area contributed by atoms with Gasteiger partial charge in [0.15, 0.2) is 0 Å².